The lowest BCUT2D eigenvalue weighted by Crippen LogP contribution is -2.45. The number of carbonyl (C=O) groups is 1. The minimum Gasteiger partial charge on any atom is -0.376 e. The lowest BCUT2D eigenvalue weighted by molar-refractivity contribution is -0.121. The molecule has 0 spiro atoms. The standard InChI is InChI=1S/C19H25N3O2/c1-13-9-22-11-15(8-16(22)12-24-13)20-19(23)7-14-10-21(2)18-6-4-3-5-17(14)18/h3-6,10,13,15-16H,7-9,11-12H2,1-2H3,(H,20,23)/t13-,15-,16-/m0/s1. The number of nitrogens with zero attached hydrogens (tertiary/aromatic N) is 2. The number of hydrogen-bond donors (Lipinski definition) is 1. The summed E-state index contributed by atoms with van der Waals surface area (Å²) in [6.45, 7) is 4.82. The molecule has 0 saturated carbocycles. The highest BCUT2D eigenvalue weighted by atomic mass is 16.5. The highest BCUT2D eigenvalue weighted by Gasteiger charge is 2.36. The number of rotatable bonds is 3. The van der Waals surface area contributed by atoms with Crippen LogP contribution in [0.5, 0.6) is 0 Å². The zero-order valence-electron chi connectivity index (χ0n) is 14.4. The van der Waals surface area contributed by atoms with E-state index in [0.717, 1.165) is 31.7 Å². The average Bonchev–Trinajstić information content (AvgIpc) is 3.08. The zero-order valence-corrected chi connectivity index (χ0v) is 14.4. The number of fused-ring (bicyclic) bond motifs is 2. The molecule has 2 aliphatic rings. The Kier molecular flexibility index (Phi) is 4.06. The van der Waals surface area contributed by atoms with Crippen LogP contribution in [0.15, 0.2) is 30.5 Å². The van der Waals surface area contributed by atoms with Crippen LogP contribution in [0.4, 0.5) is 0 Å². The molecule has 1 aromatic carbocycles. The van der Waals surface area contributed by atoms with Gasteiger partial charge in [-0.1, -0.05) is 18.2 Å². The molecule has 5 nitrogen and oxygen atoms in total. The van der Waals surface area contributed by atoms with Crippen molar-refractivity contribution >= 4 is 16.8 Å². The molecule has 2 fully saturated rings. The Bertz CT molecular complexity index is 754. The van der Waals surface area contributed by atoms with Crippen LogP contribution in [0, 0.1) is 0 Å². The smallest absolute Gasteiger partial charge is 0.224 e. The van der Waals surface area contributed by atoms with Crippen molar-refractivity contribution in [2.45, 2.75) is 38.0 Å². The molecule has 0 unspecified atom stereocenters. The van der Waals surface area contributed by atoms with Gasteiger partial charge in [0.1, 0.15) is 0 Å². The molecule has 128 valence electrons. The van der Waals surface area contributed by atoms with Crippen molar-refractivity contribution in [2.24, 2.45) is 7.05 Å². The third-order valence-corrected chi connectivity index (χ3v) is 5.29. The van der Waals surface area contributed by atoms with E-state index in [4.69, 9.17) is 4.74 Å². The molecule has 0 aliphatic carbocycles. The fourth-order valence-electron chi connectivity index (χ4n) is 4.16. The fraction of sp³-hybridized carbons (Fsp3) is 0.526. The van der Waals surface area contributed by atoms with Crippen molar-refractivity contribution in [1.82, 2.24) is 14.8 Å². The van der Waals surface area contributed by atoms with Gasteiger partial charge in [-0.15, -0.1) is 0 Å². The van der Waals surface area contributed by atoms with Crippen LogP contribution in [0.25, 0.3) is 10.9 Å². The number of para-hydroxylation sites is 1. The summed E-state index contributed by atoms with van der Waals surface area (Å²) in [5.74, 6) is 0.116. The molecule has 1 aromatic heterocycles. The number of carbonyl (C=O) groups excluding carboxylic acids is 1. The van der Waals surface area contributed by atoms with Crippen LogP contribution in [-0.4, -0.2) is 53.3 Å². The van der Waals surface area contributed by atoms with E-state index in [1.54, 1.807) is 0 Å². The number of amides is 1. The van der Waals surface area contributed by atoms with Crippen LogP contribution in [0.2, 0.25) is 0 Å². The molecular weight excluding hydrogens is 302 g/mol. The number of ether oxygens (including phenoxy) is 1. The van der Waals surface area contributed by atoms with E-state index in [1.165, 1.54) is 10.9 Å². The SMILES string of the molecule is C[C@H]1CN2C[C@@H](NC(=O)Cc3cn(C)c4ccccc34)C[C@H]2CO1. The van der Waals surface area contributed by atoms with Crippen LogP contribution in [0.3, 0.4) is 0 Å². The van der Waals surface area contributed by atoms with Gasteiger partial charge in [-0.2, -0.15) is 0 Å². The molecule has 4 rings (SSSR count). The highest BCUT2D eigenvalue weighted by Crippen LogP contribution is 2.24. The molecular formula is C19H25N3O2. The number of nitrogens with one attached hydrogen (secondary N) is 1. The lowest BCUT2D eigenvalue weighted by Gasteiger charge is -2.33. The summed E-state index contributed by atoms with van der Waals surface area (Å²) in [6, 6.07) is 8.94. The number of aryl methyl sites for hydroxylation is 1. The van der Waals surface area contributed by atoms with Crippen LogP contribution < -0.4 is 5.32 Å². The third-order valence-electron chi connectivity index (χ3n) is 5.29. The van der Waals surface area contributed by atoms with Crippen LogP contribution in [-0.2, 0) is 23.0 Å². The Hall–Kier alpha value is -1.85. The number of hydrogen-bond acceptors (Lipinski definition) is 3. The van der Waals surface area contributed by atoms with Gasteiger partial charge >= 0.3 is 0 Å². The Morgan fingerprint density at radius 3 is 3.04 bits per heavy atom. The van der Waals surface area contributed by atoms with Gasteiger partial charge in [0, 0.05) is 49.3 Å². The van der Waals surface area contributed by atoms with Gasteiger partial charge in [0.2, 0.25) is 5.91 Å². The summed E-state index contributed by atoms with van der Waals surface area (Å²) >= 11 is 0. The normalized spacial score (nSPS) is 27.3. The summed E-state index contributed by atoms with van der Waals surface area (Å²) in [4.78, 5) is 15.0. The summed E-state index contributed by atoms with van der Waals surface area (Å²) in [7, 11) is 2.03. The molecule has 0 radical (unpaired) electrons. The Morgan fingerprint density at radius 1 is 1.33 bits per heavy atom. The first-order valence-corrected chi connectivity index (χ1v) is 8.78. The molecule has 2 saturated heterocycles. The number of morpholine rings is 1. The van der Waals surface area contributed by atoms with Gasteiger partial charge in [-0.25, -0.2) is 0 Å². The van der Waals surface area contributed by atoms with E-state index in [0.29, 0.717) is 18.6 Å². The first kappa shape index (κ1) is 15.7. The quantitative estimate of drug-likeness (QED) is 0.933. The van der Waals surface area contributed by atoms with E-state index in [1.807, 2.05) is 19.2 Å². The largest absolute Gasteiger partial charge is 0.376 e. The molecule has 24 heavy (non-hydrogen) atoms. The first-order valence-electron chi connectivity index (χ1n) is 8.78. The number of benzene rings is 1. The average molecular weight is 327 g/mol. The van der Waals surface area contributed by atoms with Crippen molar-refractivity contribution in [3.05, 3.63) is 36.0 Å². The van der Waals surface area contributed by atoms with Gasteiger partial charge in [0.05, 0.1) is 19.1 Å². The van der Waals surface area contributed by atoms with E-state index < -0.39 is 0 Å². The van der Waals surface area contributed by atoms with Crippen molar-refractivity contribution in [3.8, 4) is 0 Å². The molecule has 2 aromatic rings. The van der Waals surface area contributed by atoms with Gasteiger partial charge in [0.25, 0.3) is 0 Å². The maximum atomic E-state index is 12.5. The fourth-order valence-corrected chi connectivity index (χ4v) is 4.16. The van der Waals surface area contributed by atoms with E-state index in [2.05, 4.69) is 40.0 Å². The summed E-state index contributed by atoms with van der Waals surface area (Å²) in [6.07, 6.45) is 3.80. The second kappa shape index (κ2) is 6.22. The third kappa shape index (κ3) is 2.94. The predicted octanol–water partition coefficient (Wildman–Crippen LogP) is 1.70. The van der Waals surface area contributed by atoms with Crippen molar-refractivity contribution in [3.63, 3.8) is 0 Å². The zero-order chi connectivity index (χ0) is 16.7. The van der Waals surface area contributed by atoms with E-state index in [9.17, 15) is 4.79 Å². The predicted molar refractivity (Wildman–Crippen MR) is 93.9 cm³/mol. The molecule has 3 heterocycles. The summed E-state index contributed by atoms with van der Waals surface area (Å²) in [5, 5.41) is 4.39. The Morgan fingerprint density at radius 2 is 2.17 bits per heavy atom. The second-order valence-electron chi connectivity index (χ2n) is 7.21. The van der Waals surface area contributed by atoms with Gasteiger partial charge in [-0.3, -0.25) is 9.69 Å². The Balaban J connectivity index is 1.40. The minimum absolute atomic E-state index is 0.116. The molecule has 0 bridgehead atoms. The van der Waals surface area contributed by atoms with Crippen LogP contribution in [0.1, 0.15) is 18.9 Å². The van der Waals surface area contributed by atoms with E-state index >= 15 is 0 Å². The molecule has 1 amide bonds. The lowest BCUT2D eigenvalue weighted by atomic mass is 10.1. The van der Waals surface area contributed by atoms with Crippen molar-refractivity contribution in [1.29, 1.82) is 0 Å². The van der Waals surface area contributed by atoms with Crippen molar-refractivity contribution in [2.75, 3.05) is 19.7 Å². The maximum absolute atomic E-state index is 12.5. The van der Waals surface area contributed by atoms with Gasteiger partial charge in [-0.05, 0) is 25.0 Å². The van der Waals surface area contributed by atoms with Gasteiger partial charge < -0.3 is 14.6 Å². The summed E-state index contributed by atoms with van der Waals surface area (Å²) < 4.78 is 7.82. The Labute approximate surface area is 142 Å². The minimum atomic E-state index is 0.116. The van der Waals surface area contributed by atoms with Crippen LogP contribution >= 0.6 is 0 Å². The summed E-state index contributed by atoms with van der Waals surface area (Å²) in [5.41, 5.74) is 2.27. The molecule has 1 N–H and O–H groups in total. The second-order valence-corrected chi connectivity index (χ2v) is 7.21. The van der Waals surface area contributed by atoms with E-state index in [-0.39, 0.29) is 11.9 Å². The van der Waals surface area contributed by atoms with Gasteiger partial charge in [0.15, 0.2) is 0 Å². The topological polar surface area (TPSA) is 46.5 Å². The maximum Gasteiger partial charge on any atom is 0.224 e. The molecule has 3 atom stereocenters. The highest BCUT2D eigenvalue weighted by molar-refractivity contribution is 5.89. The number of aromatic nitrogens is 1. The van der Waals surface area contributed by atoms with Crippen molar-refractivity contribution < 1.29 is 9.53 Å². The molecule has 5 heteroatoms. The first-order chi connectivity index (χ1) is 11.6. The molecule has 2 aliphatic heterocycles. The monoisotopic (exact) mass is 327 g/mol.